The number of unbranched alkanes of at least 4 members (excludes halogenated alkanes) is 3. The lowest BCUT2D eigenvalue weighted by Gasteiger charge is -2.40. The van der Waals surface area contributed by atoms with Crippen LogP contribution in [0.15, 0.2) is 174 Å². The lowest BCUT2D eigenvalue weighted by atomic mass is 9.79. The van der Waals surface area contributed by atoms with Crippen LogP contribution >= 0.6 is 0 Å². The van der Waals surface area contributed by atoms with Crippen molar-refractivity contribution < 1.29 is 42.3 Å². The summed E-state index contributed by atoms with van der Waals surface area (Å²) in [6.07, 6.45) is -1.41. The lowest BCUT2D eigenvalue weighted by molar-refractivity contribution is -0.128. The van der Waals surface area contributed by atoms with Gasteiger partial charge in [0.15, 0.2) is 12.4 Å². The van der Waals surface area contributed by atoms with Crippen LogP contribution in [0.5, 0.6) is 23.0 Å². The number of H-pyrrole nitrogens is 1. The van der Waals surface area contributed by atoms with E-state index >= 15 is 4.39 Å². The van der Waals surface area contributed by atoms with E-state index in [-0.39, 0.29) is 12.2 Å². The maximum atomic E-state index is 18.4. The molecule has 1 aromatic heterocycles. The third-order valence-electron chi connectivity index (χ3n) is 13.0. The van der Waals surface area contributed by atoms with E-state index in [1.807, 2.05) is 158 Å². The molecular weight excluding hydrogens is 892 g/mol. The average molecular weight is 949 g/mol. The third-order valence-corrected chi connectivity index (χ3v) is 13.0. The van der Waals surface area contributed by atoms with Crippen LogP contribution in [-0.2, 0) is 36.6 Å². The molecular formula is C57H57FN2O10. The highest BCUT2D eigenvalue weighted by molar-refractivity contribution is 5.52. The van der Waals surface area contributed by atoms with E-state index in [0.717, 1.165) is 27.5 Å². The molecule has 362 valence electrons. The first-order valence-corrected chi connectivity index (χ1v) is 23.3. The Labute approximate surface area is 406 Å². The van der Waals surface area contributed by atoms with Crippen LogP contribution in [-0.4, -0.2) is 69.3 Å². The summed E-state index contributed by atoms with van der Waals surface area (Å²) in [5.41, 5.74) is 0.188. The number of alkyl halides is 1. The number of carbonyl (C=O) groups excluding carboxylic acids is 1. The average Bonchev–Trinajstić information content (AvgIpc) is 3.72. The molecule has 1 saturated heterocycles. The third kappa shape index (κ3) is 10.0. The van der Waals surface area contributed by atoms with Gasteiger partial charge in [-0.3, -0.25) is 14.3 Å². The highest BCUT2D eigenvalue weighted by Gasteiger charge is 2.53. The first-order chi connectivity index (χ1) is 34.2. The van der Waals surface area contributed by atoms with Crippen molar-refractivity contribution >= 4 is 6.29 Å². The molecule has 1 N–H and O–H groups in total. The SMILES string of the molecule is COc1ccc(C(OC[C@H]2O[C@@H](n3cc(CCCCCC=O)c(=O)[nH]c3=O)C(F)[C@@H]2OC(c2ccccc2)(c2ccc(OC)cc2)c2ccc(OC)cc2)(c2ccccc2)c2ccc(OC)cc2)cc1. The van der Waals surface area contributed by atoms with Crippen LogP contribution in [0, 0.1) is 0 Å². The fraction of sp³-hybridized carbons (Fsp3) is 0.281. The fourth-order valence-corrected chi connectivity index (χ4v) is 9.32. The summed E-state index contributed by atoms with van der Waals surface area (Å²) in [7, 11) is 6.36. The van der Waals surface area contributed by atoms with Crippen molar-refractivity contribution in [2.45, 2.75) is 67.9 Å². The molecule has 12 nitrogen and oxygen atoms in total. The number of aryl methyl sites for hydroxylation is 1. The number of halogens is 1. The van der Waals surface area contributed by atoms with Gasteiger partial charge in [0.25, 0.3) is 5.56 Å². The maximum Gasteiger partial charge on any atom is 0.330 e. The standard InChI is InChI=1S/C57H57FN2O10/c1-64-46-28-20-42(21-29-46)56(40-16-10-7-11-17-40,43-22-30-47(65-2)31-23-43)68-38-50-52(51(58)54(69-50)60-37-39(53(62)59-55(60)63)15-9-5-6-14-36-61)70-57(41-18-12-8-13-19-41,44-24-32-48(66-3)33-25-44)45-26-34-49(67-4)35-27-45/h7-8,10-13,16-37,50-52,54H,5-6,9,14-15,38H2,1-4H3,(H,59,62,63)/t50-,51?,52-,54-/m1/s1. The van der Waals surface area contributed by atoms with E-state index in [1.165, 1.54) is 6.20 Å². The Morgan fingerprint density at radius 2 is 1.01 bits per heavy atom. The molecule has 70 heavy (non-hydrogen) atoms. The van der Waals surface area contributed by atoms with Gasteiger partial charge >= 0.3 is 5.69 Å². The largest absolute Gasteiger partial charge is 0.497 e. The Kier molecular flexibility index (Phi) is 15.7. The number of hydrogen-bond acceptors (Lipinski definition) is 10. The zero-order valence-corrected chi connectivity index (χ0v) is 39.6. The molecule has 0 radical (unpaired) electrons. The first kappa shape index (κ1) is 49.1. The van der Waals surface area contributed by atoms with Crippen molar-refractivity contribution in [1.82, 2.24) is 9.55 Å². The maximum absolute atomic E-state index is 18.4. The second-order valence-corrected chi connectivity index (χ2v) is 17.0. The number of ether oxygens (including phenoxy) is 7. The number of aromatic amines is 1. The second-order valence-electron chi connectivity index (χ2n) is 17.0. The van der Waals surface area contributed by atoms with Gasteiger partial charge in [0.2, 0.25) is 0 Å². The highest BCUT2D eigenvalue weighted by Crippen LogP contribution is 2.48. The summed E-state index contributed by atoms with van der Waals surface area (Å²) in [4.78, 5) is 40.5. The smallest absolute Gasteiger partial charge is 0.330 e. The van der Waals surface area contributed by atoms with Crippen molar-refractivity contribution in [2.24, 2.45) is 0 Å². The molecule has 0 aliphatic carbocycles. The minimum atomic E-state index is -2.02. The molecule has 4 atom stereocenters. The van der Waals surface area contributed by atoms with Gasteiger partial charge in [-0.2, -0.15) is 0 Å². The summed E-state index contributed by atoms with van der Waals surface area (Å²) < 4.78 is 63.5. The van der Waals surface area contributed by atoms with Gasteiger partial charge in [-0.15, -0.1) is 0 Å². The molecule has 13 heteroatoms. The number of carbonyl (C=O) groups is 1. The van der Waals surface area contributed by atoms with Crippen LogP contribution in [0.25, 0.3) is 0 Å². The minimum absolute atomic E-state index is 0.272. The van der Waals surface area contributed by atoms with Crippen molar-refractivity contribution in [3.8, 4) is 23.0 Å². The van der Waals surface area contributed by atoms with Gasteiger partial charge in [0.05, 0.1) is 35.0 Å². The summed E-state index contributed by atoms with van der Waals surface area (Å²) in [6, 6.07) is 49.1. The normalized spacial score (nSPS) is 16.9. The van der Waals surface area contributed by atoms with Gasteiger partial charge < -0.3 is 38.0 Å². The van der Waals surface area contributed by atoms with Crippen LogP contribution in [0.4, 0.5) is 4.39 Å². The summed E-state index contributed by atoms with van der Waals surface area (Å²) >= 11 is 0. The number of rotatable bonds is 22. The topological polar surface area (TPSA) is 137 Å². The highest BCUT2D eigenvalue weighted by atomic mass is 19.1. The molecule has 0 amide bonds. The Morgan fingerprint density at radius 3 is 1.46 bits per heavy atom. The fourth-order valence-electron chi connectivity index (χ4n) is 9.32. The number of nitrogens with zero attached hydrogens (tertiary/aromatic N) is 1. The van der Waals surface area contributed by atoms with Gasteiger partial charge in [-0.05, 0) is 101 Å². The van der Waals surface area contributed by atoms with Crippen molar-refractivity contribution in [3.05, 3.63) is 224 Å². The molecule has 6 aromatic carbocycles. The Morgan fingerprint density at radius 1 is 0.586 bits per heavy atom. The van der Waals surface area contributed by atoms with E-state index in [4.69, 9.17) is 33.2 Å². The van der Waals surface area contributed by atoms with Crippen LogP contribution in [0.3, 0.4) is 0 Å². The van der Waals surface area contributed by atoms with E-state index in [2.05, 4.69) is 4.98 Å². The van der Waals surface area contributed by atoms with Gasteiger partial charge in [-0.1, -0.05) is 116 Å². The van der Waals surface area contributed by atoms with Crippen molar-refractivity contribution in [1.29, 1.82) is 0 Å². The number of hydrogen-bond donors (Lipinski definition) is 1. The minimum Gasteiger partial charge on any atom is -0.497 e. The monoisotopic (exact) mass is 948 g/mol. The van der Waals surface area contributed by atoms with Crippen LogP contribution in [0.1, 0.15) is 70.9 Å². The molecule has 8 rings (SSSR count). The Bertz CT molecular complexity index is 2800. The van der Waals surface area contributed by atoms with Crippen LogP contribution < -0.4 is 30.2 Å². The molecule has 0 spiro atoms. The van der Waals surface area contributed by atoms with E-state index in [0.29, 0.717) is 71.8 Å². The summed E-state index contributed by atoms with van der Waals surface area (Å²) in [5, 5.41) is 0. The van der Waals surface area contributed by atoms with Crippen LogP contribution in [0.2, 0.25) is 0 Å². The molecule has 1 aliphatic heterocycles. The Hall–Kier alpha value is -7.32. The predicted octanol–water partition coefficient (Wildman–Crippen LogP) is 9.49. The van der Waals surface area contributed by atoms with E-state index in [1.54, 1.807) is 28.4 Å². The Balaban J connectivity index is 1.31. The number of aromatic nitrogens is 2. The molecule has 1 unspecified atom stereocenters. The molecule has 1 fully saturated rings. The first-order valence-electron chi connectivity index (χ1n) is 23.3. The lowest BCUT2D eigenvalue weighted by Crippen LogP contribution is -2.46. The number of aldehydes is 1. The molecule has 0 bridgehead atoms. The predicted molar refractivity (Wildman–Crippen MR) is 264 cm³/mol. The second kappa shape index (κ2) is 22.4. The molecule has 7 aromatic rings. The van der Waals surface area contributed by atoms with Crippen molar-refractivity contribution in [3.63, 3.8) is 0 Å². The number of benzene rings is 6. The molecule has 2 heterocycles. The van der Waals surface area contributed by atoms with Gasteiger partial charge in [0, 0.05) is 18.2 Å². The quantitative estimate of drug-likeness (QED) is 0.0398. The van der Waals surface area contributed by atoms with Gasteiger partial charge in [-0.25, -0.2) is 9.18 Å². The zero-order chi connectivity index (χ0) is 49.1. The number of nitrogens with one attached hydrogen (secondary N) is 1. The molecule has 0 saturated carbocycles. The number of methoxy groups -OCH3 is 4. The van der Waals surface area contributed by atoms with Crippen molar-refractivity contribution in [2.75, 3.05) is 35.0 Å². The van der Waals surface area contributed by atoms with Gasteiger partial charge in [0.1, 0.15) is 52.7 Å². The summed E-state index contributed by atoms with van der Waals surface area (Å²) in [6.45, 7) is -0.272. The van der Waals surface area contributed by atoms with E-state index in [9.17, 15) is 14.4 Å². The zero-order valence-electron chi connectivity index (χ0n) is 39.6. The molecule has 1 aliphatic rings. The summed E-state index contributed by atoms with van der Waals surface area (Å²) in [5.74, 6) is 2.48. The van der Waals surface area contributed by atoms with E-state index < -0.39 is 47.1 Å².